The molecule has 3 aromatic rings. The highest BCUT2D eigenvalue weighted by atomic mass is 35.5. The number of carboxylic acids is 1. The first-order valence-electron chi connectivity index (χ1n) is 11.7. The summed E-state index contributed by atoms with van der Waals surface area (Å²) in [5.74, 6) is -2.67. The second-order valence-electron chi connectivity index (χ2n) is 8.64. The Morgan fingerprint density at radius 2 is 1.38 bits per heavy atom. The van der Waals surface area contributed by atoms with E-state index in [-0.39, 0.29) is 48.8 Å². The lowest BCUT2D eigenvalue weighted by atomic mass is 10.1. The van der Waals surface area contributed by atoms with Gasteiger partial charge in [-0.1, -0.05) is 47.5 Å². The number of carboxylic acid groups (broad SMARTS) is 1. The fourth-order valence-electron chi connectivity index (χ4n) is 3.88. The van der Waals surface area contributed by atoms with Crippen LogP contribution in [0.2, 0.25) is 10.0 Å². The minimum absolute atomic E-state index is 0.0896. The van der Waals surface area contributed by atoms with Gasteiger partial charge in [0.05, 0.1) is 27.0 Å². The van der Waals surface area contributed by atoms with Gasteiger partial charge in [-0.05, 0) is 67.8 Å². The molecule has 0 unspecified atom stereocenters. The number of aliphatic carboxylic acids is 1. The summed E-state index contributed by atoms with van der Waals surface area (Å²) in [7, 11) is 0. The van der Waals surface area contributed by atoms with Gasteiger partial charge in [0.15, 0.2) is 0 Å². The monoisotopic (exact) mass is 544 g/mol. The van der Waals surface area contributed by atoms with Crippen LogP contribution < -0.4 is 9.80 Å². The predicted molar refractivity (Wildman–Crippen MR) is 144 cm³/mol. The fraction of sp³-hybridized carbons (Fsp3) is 0.250. The highest BCUT2D eigenvalue weighted by Gasteiger charge is 2.25. The van der Waals surface area contributed by atoms with E-state index in [4.69, 9.17) is 28.3 Å². The summed E-state index contributed by atoms with van der Waals surface area (Å²) in [6.45, 7) is 3.75. The SMILES string of the molecule is Cc1ccc(N(CCCC(=O)O)C(=O)CCN(C(=O)c2ccccc2F)c2ccc(C)cc2Cl)c(Cl)c1. The van der Waals surface area contributed by atoms with E-state index in [1.54, 1.807) is 42.5 Å². The molecule has 37 heavy (non-hydrogen) atoms. The van der Waals surface area contributed by atoms with Crippen LogP contribution in [0, 0.1) is 19.7 Å². The van der Waals surface area contributed by atoms with E-state index in [9.17, 15) is 18.8 Å². The van der Waals surface area contributed by atoms with Crippen molar-refractivity contribution in [2.75, 3.05) is 22.9 Å². The Hall–Kier alpha value is -3.42. The van der Waals surface area contributed by atoms with E-state index in [1.807, 2.05) is 13.8 Å². The van der Waals surface area contributed by atoms with Crippen molar-refractivity contribution < 1.29 is 23.9 Å². The molecule has 3 rings (SSSR count). The Morgan fingerprint density at radius 1 is 0.811 bits per heavy atom. The second-order valence-corrected chi connectivity index (χ2v) is 9.45. The summed E-state index contributed by atoms with van der Waals surface area (Å²) in [5, 5.41) is 9.69. The van der Waals surface area contributed by atoms with Gasteiger partial charge in [0.25, 0.3) is 5.91 Å². The Balaban J connectivity index is 1.91. The quantitative estimate of drug-likeness (QED) is 0.308. The standard InChI is InChI=1S/C28H27Cl2FN2O4/c1-18-9-11-24(21(29)16-18)32(14-5-8-27(35)36)26(34)13-15-33(25-12-10-19(2)17-22(25)30)28(37)20-6-3-4-7-23(20)31/h3-4,6-7,9-12,16-17H,5,8,13-15H2,1-2H3,(H,35,36). The van der Waals surface area contributed by atoms with Gasteiger partial charge < -0.3 is 14.9 Å². The highest BCUT2D eigenvalue weighted by molar-refractivity contribution is 6.34. The molecule has 0 bridgehead atoms. The zero-order chi connectivity index (χ0) is 27.1. The van der Waals surface area contributed by atoms with Crippen LogP contribution in [0.4, 0.5) is 15.8 Å². The summed E-state index contributed by atoms with van der Waals surface area (Å²) >= 11 is 12.9. The van der Waals surface area contributed by atoms with E-state index in [2.05, 4.69) is 0 Å². The normalized spacial score (nSPS) is 10.7. The first-order chi connectivity index (χ1) is 17.6. The topological polar surface area (TPSA) is 77.9 Å². The van der Waals surface area contributed by atoms with Crippen LogP contribution in [0.5, 0.6) is 0 Å². The van der Waals surface area contributed by atoms with Crippen molar-refractivity contribution in [2.24, 2.45) is 0 Å². The Morgan fingerprint density at radius 3 is 1.92 bits per heavy atom. The van der Waals surface area contributed by atoms with Crippen molar-refractivity contribution >= 4 is 52.4 Å². The summed E-state index contributed by atoms with van der Waals surface area (Å²) in [5.41, 5.74) is 2.43. The Kier molecular flexibility index (Phi) is 9.66. The predicted octanol–water partition coefficient (Wildman–Crippen LogP) is 6.68. The van der Waals surface area contributed by atoms with E-state index in [1.165, 1.54) is 28.0 Å². The van der Waals surface area contributed by atoms with Crippen molar-refractivity contribution in [2.45, 2.75) is 33.1 Å². The molecule has 0 aliphatic carbocycles. The third-order valence-corrected chi connectivity index (χ3v) is 6.37. The zero-order valence-electron chi connectivity index (χ0n) is 20.5. The van der Waals surface area contributed by atoms with Crippen LogP contribution in [-0.2, 0) is 9.59 Å². The molecular formula is C28H27Cl2FN2O4. The van der Waals surface area contributed by atoms with Crippen molar-refractivity contribution in [1.29, 1.82) is 0 Å². The molecular weight excluding hydrogens is 518 g/mol. The molecule has 0 aromatic heterocycles. The van der Waals surface area contributed by atoms with E-state index < -0.39 is 17.7 Å². The number of benzene rings is 3. The van der Waals surface area contributed by atoms with Crippen LogP contribution >= 0.6 is 23.2 Å². The van der Waals surface area contributed by atoms with Gasteiger partial charge in [-0.3, -0.25) is 14.4 Å². The van der Waals surface area contributed by atoms with Gasteiger partial charge >= 0.3 is 5.97 Å². The number of hydrogen-bond acceptors (Lipinski definition) is 3. The molecule has 0 fully saturated rings. The number of aryl methyl sites for hydroxylation is 2. The molecule has 1 N–H and O–H groups in total. The number of halogens is 3. The minimum Gasteiger partial charge on any atom is -0.481 e. The average molecular weight is 545 g/mol. The third-order valence-electron chi connectivity index (χ3n) is 5.76. The van der Waals surface area contributed by atoms with E-state index in [0.29, 0.717) is 16.4 Å². The molecule has 0 radical (unpaired) electrons. The zero-order valence-corrected chi connectivity index (χ0v) is 22.0. The number of carbonyl (C=O) groups excluding carboxylic acids is 2. The van der Waals surface area contributed by atoms with Crippen LogP contribution in [0.15, 0.2) is 60.7 Å². The van der Waals surface area contributed by atoms with E-state index in [0.717, 1.165) is 11.1 Å². The maximum absolute atomic E-state index is 14.5. The molecule has 194 valence electrons. The first kappa shape index (κ1) is 28.2. The molecule has 0 aliphatic heterocycles. The van der Waals surface area contributed by atoms with E-state index >= 15 is 0 Å². The van der Waals surface area contributed by atoms with Gasteiger partial charge in [-0.15, -0.1) is 0 Å². The van der Waals surface area contributed by atoms with Gasteiger partial charge in [-0.25, -0.2) is 4.39 Å². The molecule has 2 amide bonds. The minimum atomic E-state index is -0.974. The van der Waals surface area contributed by atoms with Gasteiger partial charge in [0.2, 0.25) is 5.91 Å². The van der Waals surface area contributed by atoms with Crippen LogP contribution in [0.1, 0.15) is 40.7 Å². The van der Waals surface area contributed by atoms with Crippen LogP contribution in [0.25, 0.3) is 0 Å². The van der Waals surface area contributed by atoms with Crippen LogP contribution in [0.3, 0.4) is 0 Å². The number of carbonyl (C=O) groups is 3. The van der Waals surface area contributed by atoms with Gasteiger partial charge in [-0.2, -0.15) is 0 Å². The third kappa shape index (κ3) is 7.31. The summed E-state index contributed by atoms with van der Waals surface area (Å²) in [4.78, 5) is 40.6. The number of rotatable bonds is 10. The lowest BCUT2D eigenvalue weighted by Crippen LogP contribution is -2.38. The van der Waals surface area contributed by atoms with Crippen LogP contribution in [-0.4, -0.2) is 36.0 Å². The number of anilines is 2. The number of nitrogens with zero attached hydrogens (tertiary/aromatic N) is 2. The lowest BCUT2D eigenvalue weighted by molar-refractivity contribution is -0.137. The molecule has 0 heterocycles. The Bertz CT molecular complexity index is 1320. The second kappa shape index (κ2) is 12.7. The summed E-state index contributed by atoms with van der Waals surface area (Å²) < 4.78 is 14.5. The molecule has 0 saturated carbocycles. The van der Waals surface area contributed by atoms with Gasteiger partial charge in [0.1, 0.15) is 5.82 Å². The molecule has 0 saturated heterocycles. The molecule has 0 atom stereocenters. The smallest absolute Gasteiger partial charge is 0.303 e. The molecule has 0 spiro atoms. The summed E-state index contributed by atoms with van der Waals surface area (Å²) in [6.07, 6.45) is -0.0429. The van der Waals surface area contributed by atoms with Gasteiger partial charge in [0, 0.05) is 25.9 Å². The molecule has 6 nitrogen and oxygen atoms in total. The summed E-state index contributed by atoms with van der Waals surface area (Å²) in [6, 6.07) is 15.9. The maximum atomic E-state index is 14.5. The fourth-order valence-corrected chi connectivity index (χ4v) is 4.56. The van der Waals surface area contributed by atoms with Crippen molar-refractivity contribution in [3.63, 3.8) is 0 Å². The molecule has 0 aliphatic rings. The molecule has 3 aromatic carbocycles. The first-order valence-corrected chi connectivity index (χ1v) is 12.4. The number of amides is 2. The Labute approximate surface area is 225 Å². The number of hydrogen-bond donors (Lipinski definition) is 1. The average Bonchev–Trinajstić information content (AvgIpc) is 2.83. The molecule has 9 heteroatoms. The van der Waals surface area contributed by atoms with Crippen molar-refractivity contribution in [3.8, 4) is 0 Å². The highest BCUT2D eigenvalue weighted by Crippen LogP contribution is 2.30. The van der Waals surface area contributed by atoms with Crippen molar-refractivity contribution in [3.05, 3.63) is 93.2 Å². The lowest BCUT2D eigenvalue weighted by Gasteiger charge is -2.27. The van der Waals surface area contributed by atoms with Crippen molar-refractivity contribution in [1.82, 2.24) is 0 Å². The maximum Gasteiger partial charge on any atom is 0.303 e. The largest absolute Gasteiger partial charge is 0.481 e.